The number of methoxy groups -OCH3 is 1. The Morgan fingerprint density at radius 2 is 1.52 bits per heavy atom. The van der Waals surface area contributed by atoms with Crippen LogP contribution in [0.2, 0.25) is 0 Å². The Morgan fingerprint density at radius 3 is 2.22 bits per heavy atom. The van der Waals surface area contributed by atoms with Gasteiger partial charge in [-0.25, -0.2) is 4.98 Å². The van der Waals surface area contributed by atoms with Crippen LogP contribution in [0.15, 0.2) is 72.9 Å². The number of hydrazine groups is 1. The number of nitrogens with one attached hydrogen (secondary N) is 2. The first kappa shape index (κ1) is 17.9. The lowest BCUT2D eigenvalue weighted by Gasteiger charge is -2.11. The molecule has 0 aliphatic rings. The van der Waals surface area contributed by atoms with Gasteiger partial charge in [-0.3, -0.25) is 20.4 Å². The third kappa shape index (κ3) is 4.60. The second kappa shape index (κ2) is 8.48. The van der Waals surface area contributed by atoms with Crippen molar-refractivity contribution in [3.63, 3.8) is 0 Å². The molecule has 3 aromatic rings. The number of benzene rings is 2. The Morgan fingerprint density at radius 1 is 0.815 bits per heavy atom. The van der Waals surface area contributed by atoms with Crippen LogP contribution >= 0.6 is 0 Å². The Balaban J connectivity index is 1.66. The second-order valence-corrected chi connectivity index (χ2v) is 5.41. The van der Waals surface area contributed by atoms with Crippen LogP contribution in [-0.2, 0) is 0 Å². The van der Waals surface area contributed by atoms with Gasteiger partial charge in [0.2, 0.25) is 5.88 Å². The zero-order valence-corrected chi connectivity index (χ0v) is 14.5. The van der Waals surface area contributed by atoms with E-state index in [0.717, 1.165) is 0 Å². The highest BCUT2D eigenvalue weighted by Gasteiger charge is 2.15. The van der Waals surface area contributed by atoms with Crippen molar-refractivity contribution in [1.29, 1.82) is 0 Å². The van der Waals surface area contributed by atoms with Gasteiger partial charge < -0.3 is 9.47 Å². The van der Waals surface area contributed by atoms with Crippen LogP contribution in [0.5, 0.6) is 17.4 Å². The maximum atomic E-state index is 12.4. The number of carbonyl (C=O) groups is 2. The van der Waals surface area contributed by atoms with Gasteiger partial charge in [0.15, 0.2) is 0 Å². The summed E-state index contributed by atoms with van der Waals surface area (Å²) in [4.78, 5) is 28.7. The predicted molar refractivity (Wildman–Crippen MR) is 98.7 cm³/mol. The van der Waals surface area contributed by atoms with E-state index in [0.29, 0.717) is 17.1 Å². The molecular formula is C20H17N3O4. The molecule has 0 aliphatic carbocycles. The monoisotopic (exact) mass is 363 g/mol. The summed E-state index contributed by atoms with van der Waals surface area (Å²) in [5.41, 5.74) is 5.29. The van der Waals surface area contributed by atoms with Crippen molar-refractivity contribution in [3.05, 3.63) is 84.1 Å². The molecule has 0 saturated carbocycles. The quantitative estimate of drug-likeness (QED) is 0.680. The zero-order valence-electron chi connectivity index (χ0n) is 14.5. The number of nitrogens with zero attached hydrogens (tertiary/aromatic N) is 1. The standard InChI is InChI=1S/C20H17N3O4/c1-26-15-11-9-14(10-12-15)18(24)22-23-19(25)17-8-5-13-21-20(17)27-16-6-3-2-4-7-16/h2-13H,1H3,(H,22,24)(H,23,25). The van der Waals surface area contributed by atoms with Gasteiger partial charge in [-0.1, -0.05) is 18.2 Å². The lowest BCUT2D eigenvalue weighted by atomic mass is 10.2. The largest absolute Gasteiger partial charge is 0.497 e. The van der Waals surface area contributed by atoms with E-state index >= 15 is 0 Å². The first-order valence-electron chi connectivity index (χ1n) is 8.10. The number of rotatable bonds is 5. The van der Waals surface area contributed by atoms with E-state index in [-0.39, 0.29) is 11.4 Å². The second-order valence-electron chi connectivity index (χ2n) is 5.41. The molecule has 7 nitrogen and oxygen atoms in total. The first-order valence-corrected chi connectivity index (χ1v) is 8.10. The molecule has 3 rings (SSSR count). The highest BCUT2D eigenvalue weighted by Crippen LogP contribution is 2.22. The van der Waals surface area contributed by atoms with Crippen molar-refractivity contribution in [2.45, 2.75) is 0 Å². The Bertz CT molecular complexity index is 927. The van der Waals surface area contributed by atoms with E-state index < -0.39 is 11.8 Å². The minimum atomic E-state index is -0.545. The fourth-order valence-corrected chi connectivity index (χ4v) is 2.24. The number of ether oxygens (including phenoxy) is 2. The van der Waals surface area contributed by atoms with Gasteiger partial charge in [-0.15, -0.1) is 0 Å². The van der Waals surface area contributed by atoms with Gasteiger partial charge >= 0.3 is 0 Å². The minimum Gasteiger partial charge on any atom is -0.497 e. The highest BCUT2D eigenvalue weighted by molar-refractivity contribution is 6.00. The normalized spacial score (nSPS) is 9.96. The molecule has 2 N–H and O–H groups in total. The molecule has 136 valence electrons. The minimum absolute atomic E-state index is 0.139. The smallest absolute Gasteiger partial charge is 0.275 e. The fraction of sp³-hybridized carbons (Fsp3) is 0.0500. The van der Waals surface area contributed by atoms with Gasteiger partial charge in [-0.05, 0) is 48.5 Å². The number of hydrogen-bond donors (Lipinski definition) is 2. The van der Waals surface area contributed by atoms with Crippen molar-refractivity contribution in [2.24, 2.45) is 0 Å². The molecule has 0 atom stereocenters. The third-order valence-electron chi connectivity index (χ3n) is 3.62. The van der Waals surface area contributed by atoms with Crippen LogP contribution in [0.1, 0.15) is 20.7 Å². The topological polar surface area (TPSA) is 89.6 Å². The Labute approximate surface area is 155 Å². The average Bonchev–Trinajstić information content (AvgIpc) is 2.73. The van der Waals surface area contributed by atoms with Crippen molar-refractivity contribution in [1.82, 2.24) is 15.8 Å². The molecule has 0 radical (unpaired) electrons. The molecule has 1 aromatic heterocycles. The molecule has 0 fully saturated rings. The maximum Gasteiger partial charge on any atom is 0.275 e. The van der Waals surface area contributed by atoms with Crippen molar-refractivity contribution in [2.75, 3.05) is 7.11 Å². The summed E-state index contributed by atoms with van der Waals surface area (Å²) in [7, 11) is 1.54. The lowest BCUT2D eigenvalue weighted by molar-refractivity contribution is 0.0845. The van der Waals surface area contributed by atoms with E-state index in [1.165, 1.54) is 13.3 Å². The summed E-state index contributed by atoms with van der Waals surface area (Å²) in [5, 5.41) is 0. The average molecular weight is 363 g/mol. The fourth-order valence-electron chi connectivity index (χ4n) is 2.24. The van der Waals surface area contributed by atoms with Gasteiger partial charge in [0.05, 0.1) is 7.11 Å². The molecule has 0 bridgehead atoms. The van der Waals surface area contributed by atoms with Crippen LogP contribution in [0.3, 0.4) is 0 Å². The van der Waals surface area contributed by atoms with E-state index in [9.17, 15) is 9.59 Å². The van der Waals surface area contributed by atoms with E-state index in [1.807, 2.05) is 18.2 Å². The van der Waals surface area contributed by atoms with Crippen LogP contribution < -0.4 is 20.3 Å². The van der Waals surface area contributed by atoms with Crippen molar-refractivity contribution >= 4 is 11.8 Å². The number of carbonyl (C=O) groups excluding carboxylic acids is 2. The molecule has 0 unspecified atom stereocenters. The number of aromatic nitrogens is 1. The molecular weight excluding hydrogens is 346 g/mol. The molecule has 7 heteroatoms. The van der Waals surface area contributed by atoms with Gasteiger partial charge in [0.25, 0.3) is 11.8 Å². The summed E-state index contributed by atoms with van der Waals surface area (Å²) in [5.74, 6) is 0.317. The molecule has 0 spiro atoms. The van der Waals surface area contributed by atoms with Crippen LogP contribution in [0.25, 0.3) is 0 Å². The summed E-state index contributed by atoms with van der Waals surface area (Å²) in [6.07, 6.45) is 1.52. The molecule has 1 heterocycles. The molecule has 2 aromatic carbocycles. The van der Waals surface area contributed by atoms with Gasteiger partial charge in [0, 0.05) is 11.8 Å². The predicted octanol–water partition coefficient (Wildman–Crippen LogP) is 2.96. The molecule has 0 saturated heterocycles. The third-order valence-corrected chi connectivity index (χ3v) is 3.62. The number of pyridine rings is 1. The molecule has 0 aliphatic heterocycles. The Kier molecular flexibility index (Phi) is 5.64. The van der Waals surface area contributed by atoms with Gasteiger partial charge in [-0.2, -0.15) is 0 Å². The van der Waals surface area contributed by atoms with E-state index in [4.69, 9.17) is 9.47 Å². The maximum absolute atomic E-state index is 12.4. The van der Waals surface area contributed by atoms with Crippen LogP contribution in [-0.4, -0.2) is 23.9 Å². The summed E-state index contributed by atoms with van der Waals surface area (Å²) < 4.78 is 10.7. The van der Waals surface area contributed by atoms with E-state index in [2.05, 4.69) is 15.8 Å². The number of amides is 2. The van der Waals surface area contributed by atoms with E-state index in [1.54, 1.807) is 48.5 Å². The Hall–Kier alpha value is -3.87. The SMILES string of the molecule is COc1ccc(C(=O)NNC(=O)c2cccnc2Oc2ccccc2)cc1. The lowest BCUT2D eigenvalue weighted by Crippen LogP contribution is -2.41. The zero-order chi connectivity index (χ0) is 19.1. The van der Waals surface area contributed by atoms with Crippen molar-refractivity contribution in [3.8, 4) is 17.4 Å². The molecule has 27 heavy (non-hydrogen) atoms. The van der Waals surface area contributed by atoms with Crippen LogP contribution in [0.4, 0.5) is 0 Å². The highest BCUT2D eigenvalue weighted by atomic mass is 16.5. The summed E-state index contributed by atoms with van der Waals surface area (Å²) in [6, 6.07) is 18.6. The van der Waals surface area contributed by atoms with Gasteiger partial charge in [0.1, 0.15) is 17.1 Å². The summed E-state index contributed by atoms with van der Waals surface area (Å²) in [6.45, 7) is 0. The number of para-hydroxylation sites is 1. The molecule has 2 amide bonds. The summed E-state index contributed by atoms with van der Waals surface area (Å²) >= 11 is 0. The first-order chi connectivity index (χ1) is 13.2. The number of hydrogen-bond acceptors (Lipinski definition) is 5. The van der Waals surface area contributed by atoms with Crippen LogP contribution in [0, 0.1) is 0 Å². The van der Waals surface area contributed by atoms with Crippen molar-refractivity contribution < 1.29 is 19.1 Å².